The van der Waals surface area contributed by atoms with E-state index in [4.69, 9.17) is 0 Å². The molecular formula is C8H13F2N3O2. The molecule has 0 bridgehead atoms. The number of alkyl halides is 2. The number of hydrogen-bond donors (Lipinski definition) is 2. The van der Waals surface area contributed by atoms with Crippen LogP contribution < -0.4 is 10.6 Å². The molecule has 0 saturated carbocycles. The second-order valence-corrected chi connectivity index (χ2v) is 3.15. The van der Waals surface area contributed by atoms with Crippen molar-refractivity contribution in [1.82, 2.24) is 15.5 Å². The highest BCUT2D eigenvalue weighted by Crippen LogP contribution is 1.94. The predicted octanol–water partition coefficient (Wildman–Crippen LogP) is -1.20. The summed E-state index contributed by atoms with van der Waals surface area (Å²) in [6, 6.07) is 0. The SMILES string of the molecule is O=C(NCC(=O)N1CCNCC1)C(F)F. The Morgan fingerprint density at radius 3 is 2.47 bits per heavy atom. The van der Waals surface area contributed by atoms with E-state index >= 15 is 0 Å². The van der Waals surface area contributed by atoms with Crippen LogP contribution in [0.15, 0.2) is 0 Å². The molecule has 7 heteroatoms. The number of hydrogen-bond acceptors (Lipinski definition) is 3. The molecule has 5 nitrogen and oxygen atoms in total. The van der Waals surface area contributed by atoms with Crippen LogP contribution in [0, 0.1) is 0 Å². The van der Waals surface area contributed by atoms with Gasteiger partial charge in [0.2, 0.25) is 5.91 Å². The lowest BCUT2D eigenvalue weighted by Gasteiger charge is -2.27. The first-order valence-electron chi connectivity index (χ1n) is 4.65. The molecule has 0 aromatic heterocycles. The van der Waals surface area contributed by atoms with Gasteiger partial charge in [0.25, 0.3) is 5.91 Å². The number of rotatable bonds is 3. The fraction of sp³-hybridized carbons (Fsp3) is 0.750. The monoisotopic (exact) mass is 221 g/mol. The minimum absolute atomic E-state index is 0.328. The molecular weight excluding hydrogens is 208 g/mol. The lowest BCUT2D eigenvalue weighted by Crippen LogP contribution is -2.50. The zero-order valence-electron chi connectivity index (χ0n) is 8.13. The third-order valence-corrected chi connectivity index (χ3v) is 2.08. The van der Waals surface area contributed by atoms with Crippen molar-refractivity contribution in [3.63, 3.8) is 0 Å². The second-order valence-electron chi connectivity index (χ2n) is 3.15. The van der Waals surface area contributed by atoms with Crippen molar-refractivity contribution in [3.8, 4) is 0 Å². The third-order valence-electron chi connectivity index (χ3n) is 2.08. The summed E-state index contributed by atoms with van der Waals surface area (Å²) in [5.74, 6) is -1.73. The number of nitrogens with zero attached hydrogens (tertiary/aromatic N) is 1. The summed E-state index contributed by atoms with van der Waals surface area (Å²) >= 11 is 0. The van der Waals surface area contributed by atoms with Gasteiger partial charge in [-0.15, -0.1) is 0 Å². The molecule has 0 spiro atoms. The Balaban J connectivity index is 2.26. The Bertz CT molecular complexity index is 242. The molecule has 0 aromatic rings. The first kappa shape index (κ1) is 11.8. The summed E-state index contributed by atoms with van der Waals surface area (Å²) < 4.78 is 23.5. The van der Waals surface area contributed by atoms with E-state index in [9.17, 15) is 18.4 Å². The zero-order valence-corrected chi connectivity index (χ0v) is 8.13. The first-order valence-corrected chi connectivity index (χ1v) is 4.65. The van der Waals surface area contributed by atoms with Gasteiger partial charge in [-0.25, -0.2) is 0 Å². The number of amides is 2. The Labute approximate surface area is 85.8 Å². The van der Waals surface area contributed by atoms with Crippen LogP contribution in [-0.2, 0) is 9.59 Å². The smallest absolute Gasteiger partial charge is 0.315 e. The molecule has 1 saturated heterocycles. The summed E-state index contributed by atoms with van der Waals surface area (Å²) in [7, 11) is 0. The molecule has 2 amide bonds. The molecule has 86 valence electrons. The lowest BCUT2D eigenvalue weighted by atomic mass is 10.3. The van der Waals surface area contributed by atoms with E-state index in [1.807, 2.05) is 5.32 Å². The maximum Gasteiger partial charge on any atom is 0.315 e. The van der Waals surface area contributed by atoms with Gasteiger partial charge in [-0.05, 0) is 0 Å². The summed E-state index contributed by atoms with van der Waals surface area (Å²) in [6.45, 7) is 2.11. The van der Waals surface area contributed by atoms with E-state index in [0.29, 0.717) is 26.2 Å². The Morgan fingerprint density at radius 2 is 1.93 bits per heavy atom. The molecule has 0 aliphatic carbocycles. The van der Waals surface area contributed by atoms with Crippen molar-refractivity contribution in [1.29, 1.82) is 0 Å². The minimum atomic E-state index is -3.07. The molecule has 1 fully saturated rings. The molecule has 1 rings (SSSR count). The van der Waals surface area contributed by atoms with Crippen LogP contribution in [0.1, 0.15) is 0 Å². The second kappa shape index (κ2) is 5.59. The van der Waals surface area contributed by atoms with Gasteiger partial charge >= 0.3 is 6.43 Å². The number of carbonyl (C=O) groups excluding carboxylic acids is 2. The number of carbonyl (C=O) groups is 2. The van der Waals surface area contributed by atoms with Gasteiger partial charge < -0.3 is 15.5 Å². The molecule has 0 aromatic carbocycles. The Morgan fingerprint density at radius 1 is 1.33 bits per heavy atom. The number of halogens is 2. The summed E-state index contributed by atoms with van der Waals surface area (Å²) in [5, 5.41) is 4.93. The standard InChI is InChI=1S/C8H13F2N3O2/c9-7(10)8(15)12-5-6(14)13-3-1-11-2-4-13/h7,11H,1-5H2,(H,12,15). The Kier molecular flexibility index (Phi) is 4.41. The van der Waals surface area contributed by atoms with Crippen LogP contribution in [0.2, 0.25) is 0 Å². The van der Waals surface area contributed by atoms with Gasteiger partial charge in [0.1, 0.15) is 0 Å². The molecule has 1 aliphatic heterocycles. The molecule has 0 unspecified atom stereocenters. The zero-order chi connectivity index (χ0) is 11.3. The number of piperazine rings is 1. The van der Waals surface area contributed by atoms with Gasteiger partial charge in [-0.2, -0.15) is 8.78 Å². The average Bonchev–Trinajstić information content (AvgIpc) is 2.26. The highest BCUT2D eigenvalue weighted by Gasteiger charge is 2.19. The fourth-order valence-electron chi connectivity index (χ4n) is 1.27. The van der Waals surface area contributed by atoms with Gasteiger partial charge in [0.05, 0.1) is 6.54 Å². The lowest BCUT2D eigenvalue weighted by molar-refractivity contribution is -0.137. The van der Waals surface area contributed by atoms with E-state index in [2.05, 4.69) is 5.32 Å². The van der Waals surface area contributed by atoms with Gasteiger partial charge in [0, 0.05) is 26.2 Å². The van der Waals surface area contributed by atoms with Crippen molar-refractivity contribution >= 4 is 11.8 Å². The van der Waals surface area contributed by atoms with Crippen LogP contribution in [0.5, 0.6) is 0 Å². The third kappa shape index (κ3) is 3.78. The maximum atomic E-state index is 11.8. The largest absolute Gasteiger partial charge is 0.342 e. The highest BCUT2D eigenvalue weighted by atomic mass is 19.3. The fourth-order valence-corrected chi connectivity index (χ4v) is 1.27. The van der Waals surface area contributed by atoms with E-state index in [1.165, 1.54) is 4.90 Å². The van der Waals surface area contributed by atoms with Crippen LogP contribution in [-0.4, -0.2) is 55.9 Å². The van der Waals surface area contributed by atoms with E-state index < -0.39 is 12.3 Å². The quantitative estimate of drug-likeness (QED) is 0.629. The van der Waals surface area contributed by atoms with Crippen molar-refractivity contribution in [2.24, 2.45) is 0 Å². The van der Waals surface area contributed by atoms with Crippen LogP contribution >= 0.6 is 0 Å². The molecule has 1 heterocycles. The van der Waals surface area contributed by atoms with Crippen molar-refractivity contribution in [3.05, 3.63) is 0 Å². The molecule has 15 heavy (non-hydrogen) atoms. The van der Waals surface area contributed by atoms with Gasteiger partial charge in [-0.1, -0.05) is 0 Å². The number of nitrogens with one attached hydrogen (secondary N) is 2. The van der Waals surface area contributed by atoms with Crippen molar-refractivity contribution < 1.29 is 18.4 Å². The Hall–Kier alpha value is -1.24. The van der Waals surface area contributed by atoms with Crippen LogP contribution in [0.4, 0.5) is 8.78 Å². The summed E-state index contributed by atoms with van der Waals surface area (Å²) in [5.41, 5.74) is 0. The van der Waals surface area contributed by atoms with E-state index in [-0.39, 0.29) is 12.5 Å². The molecule has 0 atom stereocenters. The van der Waals surface area contributed by atoms with E-state index in [1.54, 1.807) is 0 Å². The van der Waals surface area contributed by atoms with Crippen LogP contribution in [0.3, 0.4) is 0 Å². The molecule has 2 N–H and O–H groups in total. The van der Waals surface area contributed by atoms with Gasteiger partial charge in [-0.3, -0.25) is 9.59 Å². The van der Waals surface area contributed by atoms with Crippen molar-refractivity contribution in [2.75, 3.05) is 32.7 Å². The minimum Gasteiger partial charge on any atom is -0.342 e. The molecule has 0 radical (unpaired) electrons. The van der Waals surface area contributed by atoms with Crippen molar-refractivity contribution in [2.45, 2.75) is 6.43 Å². The summed E-state index contributed by atoms with van der Waals surface area (Å²) in [6.07, 6.45) is -3.07. The predicted molar refractivity (Wildman–Crippen MR) is 48.5 cm³/mol. The maximum absolute atomic E-state index is 11.8. The van der Waals surface area contributed by atoms with Crippen LogP contribution in [0.25, 0.3) is 0 Å². The highest BCUT2D eigenvalue weighted by molar-refractivity contribution is 5.86. The van der Waals surface area contributed by atoms with E-state index in [0.717, 1.165) is 0 Å². The first-order chi connectivity index (χ1) is 7.11. The average molecular weight is 221 g/mol. The molecule has 1 aliphatic rings. The van der Waals surface area contributed by atoms with Gasteiger partial charge in [0.15, 0.2) is 0 Å². The normalized spacial score (nSPS) is 16.6. The summed E-state index contributed by atoms with van der Waals surface area (Å²) in [4.78, 5) is 23.4. The topological polar surface area (TPSA) is 61.4 Å².